The van der Waals surface area contributed by atoms with E-state index in [0.717, 1.165) is 17.0 Å². The van der Waals surface area contributed by atoms with Gasteiger partial charge in [0, 0.05) is 23.4 Å². The van der Waals surface area contributed by atoms with Crippen LogP contribution in [0.2, 0.25) is 0 Å². The fourth-order valence-corrected chi connectivity index (χ4v) is 2.92. The molecule has 0 unspecified atom stereocenters. The first-order chi connectivity index (χ1) is 14.0. The summed E-state index contributed by atoms with van der Waals surface area (Å²) in [6.45, 7) is 5.95. The molecular weight excluding hydrogens is 366 g/mol. The van der Waals surface area contributed by atoms with Crippen molar-refractivity contribution >= 4 is 11.6 Å². The van der Waals surface area contributed by atoms with Crippen LogP contribution in [0.5, 0.6) is 0 Å². The van der Waals surface area contributed by atoms with Crippen LogP contribution in [-0.4, -0.2) is 25.7 Å². The van der Waals surface area contributed by atoms with Crippen molar-refractivity contribution in [3.63, 3.8) is 0 Å². The number of nitrogens with zero attached hydrogens (tertiary/aromatic N) is 4. The van der Waals surface area contributed by atoms with Crippen LogP contribution in [0.3, 0.4) is 0 Å². The lowest BCUT2D eigenvalue weighted by molar-refractivity contribution is 0.102. The van der Waals surface area contributed by atoms with E-state index in [0.29, 0.717) is 23.0 Å². The monoisotopic (exact) mass is 387 g/mol. The number of nitrogens with one attached hydrogen (secondary N) is 1. The van der Waals surface area contributed by atoms with E-state index in [1.165, 1.54) is 0 Å². The van der Waals surface area contributed by atoms with Crippen molar-refractivity contribution in [1.82, 2.24) is 19.7 Å². The van der Waals surface area contributed by atoms with Crippen molar-refractivity contribution in [3.8, 4) is 17.3 Å². The average molecular weight is 387 g/mol. The molecule has 0 bridgehead atoms. The van der Waals surface area contributed by atoms with E-state index in [4.69, 9.17) is 4.42 Å². The Morgan fingerprint density at radius 1 is 1.07 bits per heavy atom. The minimum atomic E-state index is -0.226. The molecule has 0 aliphatic carbocycles. The number of rotatable bonds is 5. The minimum Gasteiger partial charge on any atom is -0.441 e. The number of carbonyl (C=O) groups excluding carboxylic acids is 1. The van der Waals surface area contributed by atoms with Gasteiger partial charge in [0.2, 0.25) is 5.89 Å². The third-order valence-electron chi connectivity index (χ3n) is 4.60. The second-order valence-electron chi connectivity index (χ2n) is 7.00. The van der Waals surface area contributed by atoms with Crippen LogP contribution in [-0.2, 0) is 0 Å². The van der Waals surface area contributed by atoms with Gasteiger partial charge in [0.05, 0.1) is 23.7 Å². The molecule has 146 valence electrons. The van der Waals surface area contributed by atoms with Crippen molar-refractivity contribution in [2.24, 2.45) is 0 Å². The van der Waals surface area contributed by atoms with E-state index >= 15 is 0 Å². The van der Waals surface area contributed by atoms with Crippen LogP contribution in [0.15, 0.2) is 65.5 Å². The molecule has 0 aliphatic rings. The van der Waals surface area contributed by atoms with E-state index in [1.807, 2.05) is 49.4 Å². The van der Waals surface area contributed by atoms with Gasteiger partial charge in [-0.25, -0.2) is 14.6 Å². The van der Waals surface area contributed by atoms with Crippen molar-refractivity contribution in [1.29, 1.82) is 0 Å². The first-order valence-corrected chi connectivity index (χ1v) is 9.36. The summed E-state index contributed by atoms with van der Waals surface area (Å²) < 4.78 is 7.41. The Morgan fingerprint density at radius 2 is 1.86 bits per heavy atom. The number of hydrogen-bond acceptors (Lipinski definition) is 5. The second kappa shape index (κ2) is 7.71. The summed E-state index contributed by atoms with van der Waals surface area (Å²) in [7, 11) is 0. The van der Waals surface area contributed by atoms with E-state index in [2.05, 4.69) is 34.2 Å². The number of carbonyl (C=O) groups is 1. The molecule has 0 aliphatic heterocycles. The number of oxazole rings is 1. The Morgan fingerprint density at radius 3 is 2.52 bits per heavy atom. The van der Waals surface area contributed by atoms with E-state index in [9.17, 15) is 4.79 Å². The number of hydrogen-bond donors (Lipinski definition) is 1. The summed E-state index contributed by atoms with van der Waals surface area (Å²) in [5, 5.41) is 7.19. The van der Waals surface area contributed by atoms with Crippen LogP contribution in [0, 0.1) is 6.92 Å². The normalized spacial score (nSPS) is 11.0. The van der Waals surface area contributed by atoms with Crippen molar-refractivity contribution < 1.29 is 9.21 Å². The number of amides is 1. The van der Waals surface area contributed by atoms with Crippen molar-refractivity contribution in [2.75, 3.05) is 5.32 Å². The van der Waals surface area contributed by atoms with Crippen molar-refractivity contribution in [3.05, 3.63) is 78.1 Å². The average Bonchev–Trinajstić information content (AvgIpc) is 3.36. The fraction of sp³-hybridized carbons (Fsp3) is 0.182. The summed E-state index contributed by atoms with van der Waals surface area (Å²) >= 11 is 0. The summed E-state index contributed by atoms with van der Waals surface area (Å²) in [5.74, 6) is 2.14. The predicted octanol–water partition coefficient (Wildman–Crippen LogP) is 4.61. The van der Waals surface area contributed by atoms with Gasteiger partial charge >= 0.3 is 0 Å². The Bertz CT molecular complexity index is 1130. The van der Waals surface area contributed by atoms with Gasteiger partial charge in [-0.05, 0) is 43.3 Å². The highest BCUT2D eigenvalue weighted by Gasteiger charge is 2.16. The van der Waals surface area contributed by atoms with E-state index in [1.54, 1.807) is 23.3 Å². The smallest absolute Gasteiger partial charge is 0.259 e. The number of pyridine rings is 1. The molecule has 4 aromatic rings. The Balaban J connectivity index is 1.49. The lowest BCUT2D eigenvalue weighted by atomic mass is 10.2. The highest BCUT2D eigenvalue weighted by atomic mass is 16.4. The van der Waals surface area contributed by atoms with Gasteiger partial charge in [-0.3, -0.25) is 4.79 Å². The van der Waals surface area contributed by atoms with Gasteiger partial charge in [-0.1, -0.05) is 19.9 Å². The summed E-state index contributed by atoms with van der Waals surface area (Å²) in [6.07, 6.45) is 4.99. The highest BCUT2D eigenvalue weighted by molar-refractivity contribution is 6.05. The van der Waals surface area contributed by atoms with Gasteiger partial charge in [0.25, 0.3) is 5.91 Å². The zero-order chi connectivity index (χ0) is 20.4. The third kappa shape index (κ3) is 3.80. The van der Waals surface area contributed by atoms with E-state index < -0.39 is 0 Å². The molecule has 0 saturated carbocycles. The molecule has 4 rings (SSSR count). The molecule has 29 heavy (non-hydrogen) atoms. The molecule has 0 saturated heterocycles. The van der Waals surface area contributed by atoms with Gasteiger partial charge in [-0.2, -0.15) is 5.10 Å². The molecule has 0 spiro atoms. The number of aromatic nitrogens is 4. The van der Waals surface area contributed by atoms with Gasteiger partial charge in [0.1, 0.15) is 5.76 Å². The number of benzene rings is 1. The molecule has 3 aromatic heterocycles. The van der Waals surface area contributed by atoms with Crippen LogP contribution in [0.25, 0.3) is 17.3 Å². The standard InChI is InChI=1S/C22H21N5O2/c1-14(2)19-13-24-22(29-19)16-7-9-17(10-8-16)26-21(28)18-12-25-27(15(18)3)20-6-4-5-11-23-20/h4-14H,1-3H3,(H,26,28). The first kappa shape index (κ1) is 18.6. The quantitative estimate of drug-likeness (QED) is 0.541. The maximum atomic E-state index is 12.7. The SMILES string of the molecule is Cc1c(C(=O)Nc2ccc(-c3ncc(C(C)C)o3)cc2)cnn1-c1ccccn1. The fourth-order valence-electron chi connectivity index (χ4n) is 2.92. The summed E-state index contributed by atoms with van der Waals surface area (Å²) in [6, 6.07) is 12.9. The highest BCUT2D eigenvalue weighted by Crippen LogP contribution is 2.25. The zero-order valence-corrected chi connectivity index (χ0v) is 16.5. The number of anilines is 1. The molecule has 1 N–H and O–H groups in total. The Kier molecular flexibility index (Phi) is 4.95. The zero-order valence-electron chi connectivity index (χ0n) is 16.5. The molecule has 0 fully saturated rings. The van der Waals surface area contributed by atoms with Gasteiger partial charge < -0.3 is 9.73 Å². The summed E-state index contributed by atoms with van der Waals surface area (Å²) in [4.78, 5) is 21.3. The van der Waals surface area contributed by atoms with Crippen LogP contribution >= 0.6 is 0 Å². The van der Waals surface area contributed by atoms with Gasteiger partial charge in [0.15, 0.2) is 5.82 Å². The molecule has 7 heteroatoms. The molecular formula is C22H21N5O2. The lowest BCUT2D eigenvalue weighted by Crippen LogP contribution is -2.13. The van der Waals surface area contributed by atoms with Crippen LogP contribution < -0.4 is 5.32 Å². The molecule has 1 aromatic carbocycles. The lowest BCUT2D eigenvalue weighted by Gasteiger charge is -2.06. The molecule has 1 amide bonds. The molecule has 0 radical (unpaired) electrons. The minimum absolute atomic E-state index is 0.226. The van der Waals surface area contributed by atoms with E-state index in [-0.39, 0.29) is 11.8 Å². The first-order valence-electron chi connectivity index (χ1n) is 9.36. The predicted molar refractivity (Wildman–Crippen MR) is 110 cm³/mol. The van der Waals surface area contributed by atoms with Gasteiger partial charge in [-0.15, -0.1) is 0 Å². The maximum absolute atomic E-state index is 12.7. The largest absolute Gasteiger partial charge is 0.441 e. The van der Waals surface area contributed by atoms with Crippen molar-refractivity contribution in [2.45, 2.75) is 26.7 Å². The molecule has 7 nitrogen and oxygen atoms in total. The Hall–Kier alpha value is -3.74. The summed E-state index contributed by atoms with van der Waals surface area (Å²) in [5.41, 5.74) is 2.75. The Labute approximate surface area is 168 Å². The topological polar surface area (TPSA) is 85.8 Å². The maximum Gasteiger partial charge on any atom is 0.259 e. The van der Waals surface area contributed by atoms with Crippen LogP contribution in [0.4, 0.5) is 5.69 Å². The van der Waals surface area contributed by atoms with Crippen LogP contribution in [0.1, 0.15) is 41.6 Å². The second-order valence-corrected chi connectivity index (χ2v) is 7.00. The third-order valence-corrected chi connectivity index (χ3v) is 4.60. The molecule has 3 heterocycles. The molecule has 0 atom stereocenters.